The van der Waals surface area contributed by atoms with Gasteiger partial charge in [-0.15, -0.1) is 0 Å². The first-order chi connectivity index (χ1) is 10.9. The Morgan fingerprint density at radius 2 is 1.96 bits per heavy atom. The minimum absolute atomic E-state index is 0.103. The fourth-order valence-electron chi connectivity index (χ4n) is 2.80. The first kappa shape index (κ1) is 17.2. The van der Waals surface area contributed by atoms with Gasteiger partial charge in [0.05, 0.1) is 11.7 Å². The van der Waals surface area contributed by atoms with Crippen LogP contribution in [0.1, 0.15) is 53.5 Å². The van der Waals surface area contributed by atoms with Crippen LogP contribution in [-0.2, 0) is 11.2 Å². The molecule has 1 aliphatic carbocycles. The number of phenolic OH excluding ortho intramolecular Hbond substituents is 1. The molecule has 1 aliphatic rings. The standard InChI is InChI=1S/C19H22O4/c1-5-12-7-8-14(20)18-17(12)15(21)10-13(19(18)22)16(23-4)9-6-11(2)3/h6-8,10,16,20H,5,9H2,1-4H3/t16-/m0/s1. The molecule has 0 aromatic heterocycles. The zero-order chi connectivity index (χ0) is 17.1. The lowest BCUT2D eigenvalue weighted by Gasteiger charge is -2.23. The highest BCUT2D eigenvalue weighted by Crippen LogP contribution is 2.33. The molecule has 23 heavy (non-hydrogen) atoms. The summed E-state index contributed by atoms with van der Waals surface area (Å²) in [5.41, 5.74) is 2.60. The number of hydrogen-bond donors (Lipinski definition) is 1. The maximum absolute atomic E-state index is 12.8. The van der Waals surface area contributed by atoms with E-state index in [-0.39, 0.29) is 22.9 Å². The molecule has 4 heteroatoms. The lowest BCUT2D eigenvalue weighted by atomic mass is 9.83. The van der Waals surface area contributed by atoms with E-state index >= 15 is 0 Å². The van der Waals surface area contributed by atoms with Crippen LogP contribution in [0.4, 0.5) is 0 Å². The number of phenols is 1. The lowest BCUT2D eigenvalue weighted by molar-refractivity contribution is 0.0892. The third kappa shape index (κ3) is 3.27. The zero-order valence-electron chi connectivity index (χ0n) is 14.0. The summed E-state index contributed by atoms with van der Waals surface area (Å²) >= 11 is 0. The number of carbonyl (C=O) groups excluding carboxylic acids is 2. The van der Waals surface area contributed by atoms with Crippen LogP contribution in [0.3, 0.4) is 0 Å². The second kappa shape index (κ2) is 6.92. The van der Waals surface area contributed by atoms with Gasteiger partial charge in [0.25, 0.3) is 0 Å². The maximum atomic E-state index is 12.8. The van der Waals surface area contributed by atoms with Crippen molar-refractivity contribution in [3.8, 4) is 5.75 Å². The Labute approximate surface area is 136 Å². The summed E-state index contributed by atoms with van der Waals surface area (Å²) < 4.78 is 5.40. The minimum Gasteiger partial charge on any atom is -0.507 e. The van der Waals surface area contributed by atoms with E-state index in [0.717, 1.165) is 11.1 Å². The van der Waals surface area contributed by atoms with Crippen molar-refractivity contribution in [2.24, 2.45) is 0 Å². The molecule has 0 bridgehead atoms. The largest absolute Gasteiger partial charge is 0.507 e. The first-order valence-corrected chi connectivity index (χ1v) is 7.72. The van der Waals surface area contributed by atoms with Crippen molar-refractivity contribution in [1.82, 2.24) is 0 Å². The maximum Gasteiger partial charge on any atom is 0.196 e. The predicted octanol–water partition coefficient (Wildman–Crippen LogP) is 3.63. The van der Waals surface area contributed by atoms with Gasteiger partial charge < -0.3 is 9.84 Å². The Morgan fingerprint density at radius 3 is 2.52 bits per heavy atom. The molecule has 0 saturated heterocycles. The molecule has 1 N–H and O–H groups in total. The SMILES string of the molecule is CCc1ccc(O)c2c1C(=O)C=C([C@H](CC=C(C)C)OC)C2=O. The molecule has 4 nitrogen and oxygen atoms in total. The molecule has 2 rings (SSSR count). The quantitative estimate of drug-likeness (QED) is 0.843. The van der Waals surface area contributed by atoms with E-state index in [0.29, 0.717) is 24.0 Å². The van der Waals surface area contributed by atoms with Crippen LogP contribution in [0.5, 0.6) is 5.75 Å². The number of rotatable bonds is 5. The van der Waals surface area contributed by atoms with Gasteiger partial charge in [-0.1, -0.05) is 24.6 Å². The summed E-state index contributed by atoms with van der Waals surface area (Å²) in [6, 6.07) is 3.17. The second-order valence-electron chi connectivity index (χ2n) is 5.88. The van der Waals surface area contributed by atoms with Gasteiger partial charge in [-0.05, 0) is 44.4 Å². The van der Waals surface area contributed by atoms with Crippen LogP contribution in [-0.4, -0.2) is 29.9 Å². The Bertz CT molecular complexity index is 706. The summed E-state index contributed by atoms with van der Waals surface area (Å²) in [6.07, 6.45) is 3.95. The summed E-state index contributed by atoms with van der Waals surface area (Å²) in [5, 5.41) is 10.1. The predicted molar refractivity (Wildman–Crippen MR) is 89.1 cm³/mol. The van der Waals surface area contributed by atoms with Crippen molar-refractivity contribution >= 4 is 11.6 Å². The molecule has 0 fully saturated rings. The van der Waals surface area contributed by atoms with E-state index < -0.39 is 6.10 Å². The zero-order valence-corrected chi connectivity index (χ0v) is 14.0. The third-order valence-electron chi connectivity index (χ3n) is 4.04. The topological polar surface area (TPSA) is 63.6 Å². The van der Waals surface area contributed by atoms with Crippen molar-refractivity contribution in [3.63, 3.8) is 0 Å². The molecule has 1 aromatic rings. The molecule has 0 radical (unpaired) electrons. The van der Waals surface area contributed by atoms with Crippen molar-refractivity contribution in [2.75, 3.05) is 7.11 Å². The summed E-state index contributed by atoms with van der Waals surface area (Å²) in [7, 11) is 1.51. The first-order valence-electron chi connectivity index (χ1n) is 7.72. The van der Waals surface area contributed by atoms with Crippen LogP contribution < -0.4 is 0 Å². The molecule has 122 valence electrons. The van der Waals surface area contributed by atoms with Gasteiger partial charge in [-0.25, -0.2) is 0 Å². The number of ether oxygens (including phenoxy) is 1. The van der Waals surface area contributed by atoms with E-state index in [1.165, 1.54) is 19.3 Å². The van der Waals surface area contributed by atoms with Gasteiger partial charge in [0.2, 0.25) is 0 Å². The average molecular weight is 314 g/mol. The van der Waals surface area contributed by atoms with Crippen LogP contribution in [0, 0.1) is 0 Å². The van der Waals surface area contributed by atoms with Gasteiger partial charge in [-0.2, -0.15) is 0 Å². The molecule has 0 saturated carbocycles. The highest BCUT2D eigenvalue weighted by atomic mass is 16.5. The van der Waals surface area contributed by atoms with E-state index in [1.807, 2.05) is 26.8 Å². The number of aromatic hydroxyl groups is 1. The van der Waals surface area contributed by atoms with Crippen molar-refractivity contribution in [1.29, 1.82) is 0 Å². The normalized spacial score (nSPS) is 15.0. The summed E-state index contributed by atoms with van der Waals surface area (Å²) in [4.78, 5) is 25.3. The van der Waals surface area contributed by atoms with E-state index in [1.54, 1.807) is 6.07 Å². The smallest absolute Gasteiger partial charge is 0.196 e. The Kier molecular flexibility index (Phi) is 5.16. The monoisotopic (exact) mass is 314 g/mol. The number of ketones is 2. The van der Waals surface area contributed by atoms with Gasteiger partial charge in [0.15, 0.2) is 11.6 Å². The van der Waals surface area contributed by atoms with Gasteiger partial charge >= 0.3 is 0 Å². The Morgan fingerprint density at radius 1 is 1.26 bits per heavy atom. The highest BCUT2D eigenvalue weighted by molar-refractivity contribution is 6.26. The molecule has 0 spiro atoms. The summed E-state index contributed by atoms with van der Waals surface area (Å²) in [6.45, 7) is 5.84. The number of benzene rings is 1. The second-order valence-corrected chi connectivity index (χ2v) is 5.88. The number of Topliss-reactive ketones (excluding diaryl/α,β-unsaturated/α-hetero) is 1. The van der Waals surface area contributed by atoms with E-state index in [4.69, 9.17) is 4.74 Å². The molecule has 0 aliphatic heterocycles. The molecular formula is C19H22O4. The number of hydrogen-bond acceptors (Lipinski definition) is 4. The van der Waals surface area contributed by atoms with Gasteiger partial charge in [0, 0.05) is 18.2 Å². The minimum atomic E-state index is -0.501. The van der Waals surface area contributed by atoms with E-state index in [9.17, 15) is 14.7 Å². The molecule has 1 atom stereocenters. The van der Waals surface area contributed by atoms with Crippen molar-refractivity contribution in [3.05, 3.63) is 52.1 Å². The highest BCUT2D eigenvalue weighted by Gasteiger charge is 2.33. The Hall–Kier alpha value is -2.20. The number of fused-ring (bicyclic) bond motifs is 1. The number of carbonyl (C=O) groups is 2. The lowest BCUT2D eigenvalue weighted by Crippen LogP contribution is -2.27. The number of methoxy groups -OCH3 is 1. The molecule has 1 aromatic carbocycles. The molecule has 0 unspecified atom stereocenters. The van der Waals surface area contributed by atoms with Crippen LogP contribution in [0.25, 0.3) is 0 Å². The van der Waals surface area contributed by atoms with Crippen LogP contribution in [0.15, 0.2) is 35.4 Å². The molecule has 0 heterocycles. The van der Waals surface area contributed by atoms with Gasteiger partial charge in [-0.3, -0.25) is 9.59 Å². The molecule has 0 amide bonds. The van der Waals surface area contributed by atoms with Gasteiger partial charge in [0.1, 0.15) is 5.75 Å². The summed E-state index contributed by atoms with van der Waals surface area (Å²) in [5.74, 6) is -0.735. The fourth-order valence-corrected chi connectivity index (χ4v) is 2.80. The third-order valence-corrected chi connectivity index (χ3v) is 4.04. The fraction of sp³-hybridized carbons (Fsp3) is 0.368. The van der Waals surface area contributed by atoms with Crippen molar-refractivity contribution < 1.29 is 19.4 Å². The Balaban J connectivity index is 2.51. The van der Waals surface area contributed by atoms with Crippen molar-refractivity contribution in [2.45, 2.75) is 39.7 Å². The number of allylic oxidation sites excluding steroid dienone is 2. The average Bonchev–Trinajstić information content (AvgIpc) is 2.51. The number of aryl methyl sites for hydroxylation is 1. The van der Waals surface area contributed by atoms with E-state index in [2.05, 4.69) is 0 Å². The van der Waals surface area contributed by atoms with Crippen LogP contribution >= 0.6 is 0 Å². The molecular weight excluding hydrogens is 292 g/mol. The van der Waals surface area contributed by atoms with Crippen LogP contribution in [0.2, 0.25) is 0 Å².